The Hall–Kier alpha value is -1.84. The standard InChI is InChI=1S/C21H16Cl2F6N2S/c22-15-6-4-13(17(23)11-15)2-1-3-19(31-9-8-30-12-31)32-18-10-14(20(24,25)26)5-7-16(18)21(27,28)29/h4-12,19H,1-3H2. The van der Waals surface area contributed by atoms with E-state index in [-0.39, 0.29) is 0 Å². The van der Waals surface area contributed by atoms with Crippen molar-refractivity contribution in [3.63, 3.8) is 0 Å². The monoisotopic (exact) mass is 512 g/mol. The summed E-state index contributed by atoms with van der Waals surface area (Å²) in [6.45, 7) is 0. The van der Waals surface area contributed by atoms with E-state index in [1.165, 1.54) is 12.5 Å². The van der Waals surface area contributed by atoms with E-state index in [9.17, 15) is 26.3 Å². The molecule has 1 aromatic heterocycles. The molecule has 0 amide bonds. The number of nitrogens with zero attached hydrogens (tertiary/aromatic N) is 2. The second kappa shape index (κ2) is 9.97. The van der Waals surface area contributed by atoms with Gasteiger partial charge >= 0.3 is 12.4 Å². The summed E-state index contributed by atoms with van der Waals surface area (Å²) in [5.41, 5.74) is -1.42. The van der Waals surface area contributed by atoms with Crippen molar-refractivity contribution < 1.29 is 26.3 Å². The lowest BCUT2D eigenvalue weighted by molar-refractivity contribution is -0.143. The van der Waals surface area contributed by atoms with Crippen LogP contribution in [0.15, 0.2) is 60.0 Å². The molecule has 0 fully saturated rings. The van der Waals surface area contributed by atoms with Gasteiger partial charge in [-0.15, -0.1) is 11.8 Å². The van der Waals surface area contributed by atoms with Gasteiger partial charge in [0.2, 0.25) is 0 Å². The lowest BCUT2D eigenvalue weighted by atomic mass is 10.1. The second-order valence-corrected chi connectivity index (χ2v) is 8.98. The highest BCUT2D eigenvalue weighted by Crippen LogP contribution is 2.44. The molecule has 2 aromatic carbocycles. The number of aryl methyl sites for hydroxylation is 1. The highest BCUT2D eigenvalue weighted by molar-refractivity contribution is 7.99. The van der Waals surface area contributed by atoms with Crippen molar-refractivity contribution in [1.29, 1.82) is 0 Å². The number of hydrogen-bond donors (Lipinski definition) is 0. The smallest absolute Gasteiger partial charge is 0.325 e. The number of thioether (sulfide) groups is 1. The van der Waals surface area contributed by atoms with Gasteiger partial charge in [-0.25, -0.2) is 4.98 Å². The normalized spacial score (nSPS) is 13.4. The molecule has 0 aliphatic heterocycles. The van der Waals surface area contributed by atoms with E-state index >= 15 is 0 Å². The van der Waals surface area contributed by atoms with E-state index in [2.05, 4.69) is 4.98 Å². The predicted octanol–water partition coefficient (Wildman–Crippen LogP) is 8.54. The Morgan fingerprint density at radius 2 is 1.72 bits per heavy atom. The topological polar surface area (TPSA) is 17.8 Å². The highest BCUT2D eigenvalue weighted by atomic mass is 35.5. The first-order valence-corrected chi connectivity index (χ1v) is 10.9. The van der Waals surface area contributed by atoms with Crippen LogP contribution in [0.25, 0.3) is 0 Å². The molecule has 3 aromatic rings. The van der Waals surface area contributed by atoms with Crippen molar-refractivity contribution in [3.8, 4) is 0 Å². The zero-order valence-corrected chi connectivity index (χ0v) is 18.5. The summed E-state index contributed by atoms with van der Waals surface area (Å²) in [5.74, 6) is 0. The third kappa shape index (κ3) is 6.36. The molecule has 11 heteroatoms. The Labute approximate surface area is 194 Å². The third-order valence-corrected chi connectivity index (χ3v) is 6.58. The first kappa shape index (κ1) is 24.8. The van der Waals surface area contributed by atoms with Crippen LogP contribution in [-0.2, 0) is 18.8 Å². The van der Waals surface area contributed by atoms with Crippen molar-refractivity contribution in [3.05, 3.63) is 81.9 Å². The first-order chi connectivity index (χ1) is 14.9. The zero-order valence-electron chi connectivity index (χ0n) is 16.2. The van der Waals surface area contributed by atoms with Gasteiger partial charge in [0.1, 0.15) is 0 Å². The largest absolute Gasteiger partial charge is 0.417 e. The van der Waals surface area contributed by atoms with Crippen LogP contribution in [0.1, 0.15) is 34.9 Å². The Morgan fingerprint density at radius 1 is 0.969 bits per heavy atom. The maximum absolute atomic E-state index is 13.5. The molecular formula is C21H16Cl2F6N2S. The highest BCUT2D eigenvalue weighted by Gasteiger charge is 2.37. The number of halogens is 8. The van der Waals surface area contributed by atoms with Crippen molar-refractivity contribution in [2.75, 3.05) is 0 Å². The molecule has 0 aliphatic carbocycles. The van der Waals surface area contributed by atoms with Crippen molar-refractivity contribution >= 4 is 35.0 Å². The maximum Gasteiger partial charge on any atom is 0.417 e. The molecular weight excluding hydrogens is 497 g/mol. The molecule has 32 heavy (non-hydrogen) atoms. The Kier molecular flexibility index (Phi) is 7.73. The molecule has 0 spiro atoms. The molecule has 0 N–H and O–H groups in total. The van der Waals surface area contributed by atoms with Crippen molar-refractivity contribution in [2.24, 2.45) is 0 Å². The summed E-state index contributed by atoms with van der Waals surface area (Å²) in [7, 11) is 0. The Balaban J connectivity index is 1.85. The quantitative estimate of drug-likeness (QED) is 0.233. The van der Waals surface area contributed by atoms with Crippen LogP contribution in [0, 0.1) is 0 Å². The zero-order chi connectivity index (χ0) is 23.5. The van der Waals surface area contributed by atoms with E-state index in [0.29, 0.717) is 47.5 Å². The Morgan fingerprint density at radius 3 is 2.31 bits per heavy atom. The van der Waals surface area contributed by atoms with Gasteiger partial charge in [0.25, 0.3) is 0 Å². The molecule has 1 atom stereocenters. The van der Waals surface area contributed by atoms with E-state index in [1.54, 1.807) is 29.0 Å². The Bertz CT molecular complexity index is 1050. The van der Waals surface area contributed by atoms with Crippen LogP contribution in [0.5, 0.6) is 0 Å². The van der Waals surface area contributed by atoms with Crippen LogP contribution in [0.2, 0.25) is 10.0 Å². The lowest BCUT2D eigenvalue weighted by Gasteiger charge is -2.22. The summed E-state index contributed by atoms with van der Waals surface area (Å²) in [4.78, 5) is 3.42. The number of hydrogen-bond acceptors (Lipinski definition) is 2. The SMILES string of the molecule is FC(F)(F)c1ccc(C(F)(F)F)c(SC(CCCc2ccc(Cl)cc2Cl)n2ccnc2)c1. The molecule has 1 unspecified atom stereocenters. The second-order valence-electron chi connectivity index (χ2n) is 6.92. The fourth-order valence-electron chi connectivity index (χ4n) is 3.08. The van der Waals surface area contributed by atoms with E-state index in [4.69, 9.17) is 23.2 Å². The molecule has 2 nitrogen and oxygen atoms in total. The molecule has 0 radical (unpaired) electrons. The van der Waals surface area contributed by atoms with E-state index < -0.39 is 33.7 Å². The van der Waals surface area contributed by atoms with Gasteiger partial charge in [-0.05, 0) is 55.2 Å². The number of imidazole rings is 1. The number of aromatic nitrogens is 2. The number of benzene rings is 2. The van der Waals surface area contributed by atoms with E-state index in [1.807, 2.05) is 0 Å². The minimum atomic E-state index is -4.79. The molecule has 0 saturated carbocycles. The minimum Gasteiger partial charge on any atom is -0.325 e. The predicted molar refractivity (Wildman–Crippen MR) is 113 cm³/mol. The van der Waals surface area contributed by atoms with Crippen LogP contribution in [0.4, 0.5) is 26.3 Å². The fourth-order valence-corrected chi connectivity index (χ4v) is 4.91. The molecule has 0 bridgehead atoms. The van der Waals surface area contributed by atoms with Gasteiger partial charge in [0, 0.05) is 27.3 Å². The molecule has 0 aliphatic rings. The lowest BCUT2D eigenvalue weighted by Crippen LogP contribution is -2.12. The van der Waals surface area contributed by atoms with Gasteiger partial charge in [-0.1, -0.05) is 29.3 Å². The summed E-state index contributed by atoms with van der Waals surface area (Å²) in [5, 5.41) is 0.351. The van der Waals surface area contributed by atoms with Crippen LogP contribution >= 0.6 is 35.0 Å². The van der Waals surface area contributed by atoms with Gasteiger partial charge in [0.05, 0.1) is 22.8 Å². The van der Waals surface area contributed by atoms with Crippen molar-refractivity contribution in [1.82, 2.24) is 9.55 Å². The molecule has 0 saturated heterocycles. The van der Waals surface area contributed by atoms with Gasteiger partial charge in [0.15, 0.2) is 0 Å². The maximum atomic E-state index is 13.5. The molecule has 172 valence electrons. The number of alkyl halides is 6. The average Bonchev–Trinajstić information content (AvgIpc) is 3.22. The van der Waals surface area contributed by atoms with E-state index in [0.717, 1.165) is 17.3 Å². The fraction of sp³-hybridized carbons (Fsp3) is 0.286. The summed E-state index contributed by atoms with van der Waals surface area (Å²) >= 11 is 12.8. The first-order valence-electron chi connectivity index (χ1n) is 9.31. The van der Waals surface area contributed by atoms with Crippen molar-refractivity contribution in [2.45, 2.75) is 41.9 Å². The molecule has 3 rings (SSSR count). The van der Waals surface area contributed by atoms with Gasteiger partial charge < -0.3 is 4.57 Å². The van der Waals surface area contributed by atoms with Crippen LogP contribution in [-0.4, -0.2) is 9.55 Å². The summed E-state index contributed by atoms with van der Waals surface area (Å²) < 4.78 is 81.4. The van der Waals surface area contributed by atoms with Crippen LogP contribution < -0.4 is 0 Å². The van der Waals surface area contributed by atoms with Crippen LogP contribution in [0.3, 0.4) is 0 Å². The number of rotatable bonds is 7. The average molecular weight is 513 g/mol. The summed E-state index contributed by atoms with van der Waals surface area (Å²) in [6.07, 6.45) is -3.68. The van der Waals surface area contributed by atoms with Gasteiger partial charge in [-0.3, -0.25) is 0 Å². The van der Waals surface area contributed by atoms with Gasteiger partial charge in [-0.2, -0.15) is 26.3 Å². The minimum absolute atomic E-state index is 0.369. The molecule has 1 heterocycles. The summed E-state index contributed by atoms with van der Waals surface area (Å²) in [6, 6.07) is 6.51. The third-order valence-electron chi connectivity index (χ3n) is 4.65.